The molecule has 2 aromatic rings. The number of aromatic hydroxyl groups is 1. The van der Waals surface area contributed by atoms with Crippen LogP contribution in [0, 0.1) is 0 Å². The highest BCUT2D eigenvalue weighted by Gasteiger charge is 2.35. The van der Waals surface area contributed by atoms with Gasteiger partial charge in [-0.3, -0.25) is 0 Å². The third kappa shape index (κ3) is 4.43. The highest BCUT2D eigenvalue weighted by atomic mass is 79.9. The van der Waals surface area contributed by atoms with E-state index in [-0.39, 0.29) is 24.1 Å². The molecule has 0 aliphatic carbocycles. The Morgan fingerprint density at radius 1 is 1.27 bits per heavy atom. The first-order chi connectivity index (χ1) is 14.3. The van der Waals surface area contributed by atoms with Gasteiger partial charge in [0.05, 0.1) is 29.8 Å². The summed E-state index contributed by atoms with van der Waals surface area (Å²) < 4.78 is 11.1. The van der Waals surface area contributed by atoms with Crippen molar-refractivity contribution in [2.24, 2.45) is 0 Å². The predicted molar refractivity (Wildman–Crippen MR) is 115 cm³/mol. The van der Waals surface area contributed by atoms with Crippen molar-refractivity contribution in [3.8, 4) is 11.5 Å². The molecule has 2 amide bonds. The average Bonchev–Trinajstić information content (AvgIpc) is 2.74. The lowest BCUT2D eigenvalue weighted by Gasteiger charge is -2.33. The van der Waals surface area contributed by atoms with Gasteiger partial charge in [-0.05, 0) is 46.1 Å². The Labute approximate surface area is 183 Å². The van der Waals surface area contributed by atoms with E-state index in [0.29, 0.717) is 27.7 Å². The summed E-state index contributed by atoms with van der Waals surface area (Å²) in [6.45, 7) is 1.92. The number of phenols is 1. The molecule has 2 N–H and O–H groups in total. The summed E-state index contributed by atoms with van der Waals surface area (Å²) in [4.78, 5) is 26.8. The van der Waals surface area contributed by atoms with Crippen molar-refractivity contribution in [3.05, 3.63) is 69.3 Å². The Hall–Kier alpha value is -3.00. The van der Waals surface area contributed by atoms with Crippen molar-refractivity contribution in [3.63, 3.8) is 0 Å². The van der Waals surface area contributed by atoms with E-state index >= 15 is 0 Å². The minimum atomic E-state index is -0.747. The number of hydrogen-bond acceptors (Lipinski definition) is 5. The second kappa shape index (κ2) is 9.21. The molecule has 158 valence electrons. The van der Waals surface area contributed by atoms with Crippen molar-refractivity contribution >= 4 is 27.9 Å². The van der Waals surface area contributed by atoms with Gasteiger partial charge in [-0.2, -0.15) is 0 Å². The van der Waals surface area contributed by atoms with E-state index in [4.69, 9.17) is 9.47 Å². The van der Waals surface area contributed by atoms with Crippen LogP contribution in [0.15, 0.2) is 58.2 Å². The molecule has 2 aromatic carbocycles. The number of carbonyl (C=O) groups is 2. The second-order valence-corrected chi connectivity index (χ2v) is 7.72. The number of methoxy groups -OCH3 is 1. The Morgan fingerprint density at radius 3 is 2.63 bits per heavy atom. The lowest BCUT2D eigenvalue weighted by atomic mass is 9.94. The maximum absolute atomic E-state index is 13.0. The van der Waals surface area contributed by atoms with E-state index < -0.39 is 12.0 Å². The second-order valence-electron chi connectivity index (χ2n) is 6.87. The van der Waals surface area contributed by atoms with Crippen LogP contribution in [0.25, 0.3) is 0 Å². The molecular weight excluding hydrogens is 452 g/mol. The van der Waals surface area contributed by atoms with E-state index in [1.165, 1.54) is 12.0 Å². The molecule has 0 saturated heterocycles. The number of amides is 2. The molecule has 7 nitrogen and oxygen atoms in total. The van der Waals surface area contributed by atoms with Crippen LogP contribution in [-0.4, -0.2) is 42.8 Å². The fraction of sp³-hybridized carbons (Fsp3) is 0.273. The van der Waals surface area contributed by atoms with Crippen molar-refractivity contribution in [2.75, 3.05) is 20.8 Å². The zero-order chi connectivity index (χ0) is 21.8. The standard InChI is InChI=1S/C22H23BrN2O5/c1-13-18(21(27)30-10-9-14-7-5-4-6-8-14)19(24-22(28)25(13)2)15-11-16(23)20(26)17(12-15)29-3/h4-8,11-12,19,26H,9-10H2,1-3H3,(H,24,28)/t19-/m0/s1. The number of allylic oxidation sites excluding steroid dienone is 1. The van der Waals surface area contributed by atoms with Crippen LogP contribution in [0.5, 0.6) is 11.5 Å². The summed E-state index contributed by atoms with van der Waals surface area (Å²) in [5.74, 6) is -0.348. The number of nitrogens with zero attached hydrogens (tertiary/aromatic N) is 1. The molecule has 0 unspecified atom stereocenters. The summed E-state index contributed by atoms with van der Waals surface area (Å²) in [5, 5.41) is 12.9. The number of carbonyl (C=O) groups excluding carboxylic acids is 2. The fourth-order valence-electron chi connectivity index (χ4n) is 3.25. The van der Waals surface area contributed by atoms with E-state index in [0.717, 1.165) is 5.56 Å². The Bertz CT molecular complexity index is 991. The van der Waals surface area contributed by atoms with Crippen LogP contribution in [0.2, 0.25) is 0 Å². The van der Waals surface area contributed by atoms with Crippen LogP contribution in [0.1, 0.15) is 24.1 Å². The van der Waals surface area contributed by atoms with Crippen molar-refractivity contribution in [1.29, 1.82) is 0 Å². The number of hydrogen-bond donors (Lipinski definition) is 2. The van der Waals surface area contributed by atoms with Gasteiger partial charge >= 0.3 is 12.0 Å². The van der Waals surface area contributed by atoms with Gasteiger partial charge in [0.2, 0.25) is 0 Å². The molecule has 0 fully saturated rings. The number of nitrogens with one attached hydrogen (secondary N) is 1. The van der Waals surface area contributed by atoms with Gasteiger partial charge in [0, 0.05) is 19.2 Å². The molecule has 0 bridgehead atoms. The molecule has 1 aliphatic heterocycles. The maximum atomic E-state index is 13.0. The molecule has 1 heterocycles. The van der Waals surface area contributed by atoms with E-state index in [1.807, 2.05) is 30.3 Å². The quantitative estimate of drug-likeness (QED) is 0.619. The summed E-state index contributed by atoms with van der Waals surface area (Å²) in [6, 6.07) is 11.9. The van der Waals surface area contributed by atoms with E-state index in [1.54, 1.807) is 26.1 Å². The first-order valence-electron chi connectivity index (χ1n) is 9.36. The van der Waals surface area contributed by atoms with Gasteiger partial charge in [-0.15, -0.1) is 0 Å². The monoisotopic (exact) mass is 474 g/mol. The molecule has 0 aromatic heterocycles. The third-order valence-corrected chi connectivity index (χ3v) is 5.65. The lowest BCUT2D eigenvalue weighted by molar-refractivity contribution is -0.139. The highest BCUT2D eigenvalue weighted by Crippen LogP contribution is 2.40. The first kappa shape index (κ1) is 21.7. The smallest absolute Gasteiger partial charge is 0.338 e. The average molecular weight is 475 g/mol. The minimum Gasteiger partial charge on any atom is -0.503 e. The minimum absolute atomic E-state index is 0.0619. The zero-order valence-corrected chi connectivity index (χ0v) is 18.5. The zero-order valence-electron chi connectivity index (χ0n) is 16.9. The van der Waals surface area contributed by atoms with Crippen molar-refractivity contribution in [2.45, 2.75) is 19.4 Å². The molecule has 0 saturated carbocycles. The number of rotatable bonds is 6. The van der Waals surface area contributed by atoms with Gasteiger partial charge in [0.15, 0.2) is 11.5 Å². The summed E-state index contributed by atoms with van der Waals surface area (Å²) in [6.07, 6.45) is 0.588. The third-order valence-electron chi connectivity index (χ3n) is 5.04. The molecular formula is C22H23BrN2O5. The maximum Gasteiger partial charge on any atom is 0.338 e. The Balaban J connectivity index is 1.89. The first-order valence-corrected chi connectivity index (χ1v) is 10.1. The normalized spacial score (nSPS) is 16.3. The van der Waals surface area contributed by atoms with E-state index in [2.05, 4.69) is 21.2 Å². The largest absolute Gasteiger partial charge is 0.503 e. The van der Waals surface area contributed by atoms with Gasteiger partial charge in [0.1, 0.15) is 0 Å². The van der Waals surface area contributed by atoms with Crippen LogP contribution >= 0.6 is 15.9 Å². The topological polar surface area (TPSA) is 88.1 Å². The van der Waals surface area contributed by atoms with Crippen LogP contribution in [0.4, 0.5) is 4.79 Å². The molecule has 3 rings (SSSR count). The number of halogens is 1. The van der Waals surface area contributed by atoms with Crippen LogP contribution < -0.4 is 10.1 Å². The molecule has 0 radical (unpaired) electrons. The SMILES string of the molecule is COc1cc([C@@H]2NC(=O)N(C)C(C)=C2C(=O)OCCc2ccccc2)cc(Br)c1O. The fourth-order valence-corrected chi connectivity index (χ4v) is 3.71. The summed E-state index contributed by atoms with van der Waals surface area (Å²) >= 11 is 3.29. The summed E-state index contributed by atoms with van der Waals surface area (Å²) in [7, 11) is 3.02. The Morgan fingerprint density at radius 2 is 1.97 bits per heavy atom. The van der Waals surface area contributed by atoms with Gasteiger partial charge < -0.3 is 24.8 Å². The lowest BCUT2D eigenvalue weighted by Crippen LogP contribution is -2.46. The van der Waals surface area contributed by atoms with E-state index in [9.17, 15) is 14.7 Å². The number of urea groups is 1. The number of phenolic OH excluding ortho intramolecular Hbond substituents is 1. The predicted octanol–water partition coefficient (Wildman–Crippen LogP) is 3.92. The highest BCUT2D eigenvalue weighted by molar-refractivity contribution is 9.10. The molecule has 30 heavy (non-hydrogen) atoms. The molecule has 1 aliphatic rings. The molecule has 1 atom stereocenters. The van der Waals surface area contributed by atoms with Crippen molar-refractivity contribution < 1.29 is 24.2 Å². The molecule has 0 spiro atoms. The van der Waals surface area contributed by atoms with Crippen LogP contribution in [0.3, 0.4) is 0 Å². The summed E-state index contributed by atoms with van der Waals surface area (Å²) in [5.41, 5.74) is 2.46. The number of benzene rings is 2. The van der Waals surface area contributed by atoms with Crippen LogP contribution in [-0.2, 0) is 16.0 Å². The molecule has 8 heteroatoms. The van der Waals surface area contributed by atoms with Gasteiger partial charge in [-0.25, -0.2) is 9.59 Å². The number of ether oxygens (including phenoxy) is 2. The number of esters is 1. The van der Waals surface area contributed by atoms with Gasteiger partial charge in [-0.1, -0.05) is 30.3 Å². The van der Waals surface area contributed by atoms with Gasteiger partial charge in [0.25, 0.3) is 0 Å². The Kier molecular flexibility index (Phi) is 6.66. The van der Waals surface area contributed by atoms with Crippen molar-refractivity contribution in [1.82, 2.24) is 10.2 Å².